The predicted octanol–water partition coefficient (Wildman–Crippen LogP) is 3.34. The topological polar surface area (TPSA) is 43.4 Å². The molecule has 0 saturated carbocycles. The SMILES string of the molecule is CCCNC(CC(C)(C)OC)c1cncc(OCC)c1. The van der Waals surface area contributed by atoms with Gasteiger partial charge in [-0.05, 0) is 51.8 Å². The Labute approximate surface area is 122 Å². The molecule has 0 aliphatic heterocycles. The molecule has 4 heteroatoms. The summed E-state index contributed by atoms with van der Waals surface area (Å²) in [6.45, 7) is 9.99. The normalized spacial score (nSPS) is 13.2. The first-order valence-corrected chi connectivity index (χ1v) is 7.38. The lowest BCUT2D eigenvalue weighted by atomic mass is 9.94. The maximum Gasteiger partial charge on any atom is 0.137 e. The average Bonchev–Trinajstić information content (AvgIpc) is 2.44. The molecule has 0 aliphatic rings. The second kappa shape index (κ2) is 8.22. The second-order valence-corrected chi connectivity index (χ2v) is 5.56. The van der Waals surface area contributed by atoms with Gasteiger partial charge in [-0.25, -0.2) is 0 Å². The third kappa shape index (κ3) is 5.47. The molecular formula is C16H28N2O2. The largest absolute Gasteiger partial charge is 0.492 e. The van der Waals surface area contributed by atoms with Gasteiger partial charge in [0.1, 0.15) is 5.75 Å². The van der Waals surface area contributed by atoms with Crippen molar-refractivity contribution in [2.75, 3.05) is 20.3 Å². The Balaban J connectivity index is 2.88. The highest BCUT2D eigenvalue weighted by Crippen LogP contribution is 2.27. The number of aromatic nitrogens is 1. The molecule has 0 amide bonds. The summed E-state index contributed by atoms with van der Waals surface area (Å²) in [4.78, 5) is 4.28. The number of nitrogens with one attached hydrogen (secondary N) is 1. The summed E-state index contributed by atoms with van der Waals surface area (Å²) in [5.41, 5.74) is 0.974. The zero-order chi connectivity index (χ0) is 15.0. The first kappa shape index (κ1) is 16.9. The van der Waals surface area contributed by atoms with E-state index < -0.39 is 0 Å². The molecular weight excluding hydrogens is 252 g/mol. The minimum absolute atomic E-state index is 0.174. The highest BCUT2D eigenvalue weighted by Gasteiger charge is 2.24. The lowest BCUT2D eigenvalue weighted by Crippen LogP contribution is -2.32. The van der Waals surface area contributed by atoms with E-state index in [1.54, 1.807) is 13.3 Å². The summed E-state index contributed by atoms with van der Waals surface area (Å²) in [5, 5.41) is 3.57. The fourth-order valence-electron chi connectivity index (χ4n) is 2.07. The van der Waals surface area contributed by atoms with Gasteiger partial charge in [0.15, 0.2) is 0 Å². The average molecular weight is 280 g/mol. The number of hydrogen-bond donors (Lipinski definition) is 1. The van der Waals surface area contributed by atoms with Gasteiger partial charge in [-0.3, -0.25) is 4.98 Å². The molecule has 1 rings (SSSR count). The number of hydrogen-bond acceptors (Lipinski definition) is 4. The Morgan fingerprint density at radius 1 is 1.30 bits per heavy atom. The number of ether oxygens (including phenoxy) is 2. The van der Waals surface area contributed by atoms with Crippen molar-refractivity contribution in [1.29, 1.82) is 0 Å². The van der Waals surface area contributed by atoms with E-state index in [2.05, 4.69) is 37.1 Å². The van der Waals surface area contributed by atoms with Gasteiger partial charge in [0, 0.05) is 19.3 Å². The van der Waals surface area contributed by atoms with Gasteiger partial charge >= 0.3 is 0 Å². The van der Waals surface area contributed by atoms with Gasteiger partial charge in [-0.2, -0.15) is 0 Å². The molecule has 1 aromatic heterocycles. The van der Waals surface area contributed by atoms with E-state index in [9.17, 15) is 0 Å². The Morgan fingerprint density at radius 3 is 2.65 bits per heavy atom. The van der Waals surface area contributed by atoms with Crippen molar-refractivity contribution in [3.8, 4) is 5.75 Å². The first-order valence-electron chi connectivity index (χ1n) is 7.38. The Bertz CT molecular complexity index is 394. The van der Waals surface area contributed by atoms with Gasteiger partial charge in [0.25, 0.3) is 0 Å². The van der Waals surface area contributed by atoms with Crippen molar-refractivity contribution >= 4 is 0 Å². The lowest BCUT2D eigenvalue weighted by Gasteiger charge is -2.29. The molecule has 0 saturated heterocycles. The molecule has 0 spiro atoms. The minimum Gasteiger partial charge on any atom is -0.492 e. The van der Waals surface area contributed by atoms with E-state index in [-0.39, 0.29) is 11.6 Å². The summed E-state index contributed by atoms with van der Waals surface area (Å²) in [6.07, 6.45) is 5.65. The van der Waals surface area contributed by atoms with E-state index >= 15 is 0 Å². The monoisotopic (exact) mass is 280 g/mol. The van der Waals surface area contributed by atoms with Gasteiger partial charge in [-0.1, -0.05) is 6.92 Å². The fourth-order valence-corrected chi connectivity index (χ4v) is 2.07. The van der Waals surface area contributed by atoms with E-state index in [1.807, 2.05) is 13.1 Å². The van der Waals surface area contributed by atoms with Crippen LogP contribution in [0.15, 0.2) is 18.5 Å². The Kier molecular flexibility index (Phi) is 6.96. The van der Waals surface area contributed by atoms with Crippen LogP contribution in [0.3, 0.4) is 0 Å². The summed E-state index contributed by atoms with van der Waals surface area (Å²) in [5.74, 6) is 0.823. The number of rotatable bonds is 9. The van der Waals surface area contributed by atoms with Crippen LogP contribution < -0.4 is 10.1 Å². The van der Waals surface area contributed by atoms with Crippen LogP contribution in [-0.4, -0.2) is 30.8 Å². The molecule has 0 aromatic carbocycles. The zero-order valence-electron chi connectivity index (χ0n) is 13.4. The second-order valence-electron chi connectivity index (χ2n) is 5.56. The minimum atomic E-state index is -0.174. The van der Waals surface area contributed by atoms with Crippen LogP contribution in [0.5, 0.6) is 5.75 Å². The van der Waals surface area contributed by atoms with Crippen LogP contribution in [0, 0.1) is 0 Å². The van der Waals surface area contributed by atoms with Crippen LogP contribution in [0.1, 0.15) is 52.1 Å². The number of methoxy groups -OCH3 is 1. The van der Waals surface area contributed by atoms with E-state index in [4.69, 9.17) is 9.47 Å². The van der Waals surface area contributed by atoms with Gasteiger partial charge in [0.2, 0.25) is 0 Å². The zero-order valence-corrected chi connectivity index (χ0v) is 13.4. The molecule has 1 atom stereocenters. The summed E-state index contributed by atoms with van der Waals surface area (Å²) in [6, 6.07) is 2.29. The molecule has 0 fully saturated rings. The number of nitrogens with zero attached hydrogens (tertiary/aromatic N) is 1. The van der Waals surface area contributed by atoms with E-state index in [0.717, 1.165) is 30.7 Å². The van der Waals surface area contributed by atoms with Crippen LogP contribution in [-0.2, 0) is 4.74 Å². The molecule has 0 bridgehead atoms. The molecule has 1 aromatic rings. The first-order chi connectivity index (χ1) is 9.52. The van der Waals surface area contributed by atoms with Crippen LogP contribution in [0.2, 0.25) is 0 Å². The smallest absolute Gasteiger partial charge is 0.137 e. The molecule has 1 heterocycles. The number of pyridine rings is 1. The van der Waals surface area contributed by atoms with Crippen molar-refractivity contribution in [2.24, 2.45) is 0 Å². The molecule has 4 nitrogen and oxygen atoms in total. The van der Waals surface area contributed by atoms with Crippen LogP contribution in [0.25, 0.3) is 0 Å². The predicted molar refractivity (Wildman–Crippen MR) is 82.1 cm³/mol. The van der Waals surface area contributed by atoms with E-state index in [1.165, 1.54) is 0 Å². The standard InChI is InChI=1S/C16H28N2O2/c1-6-8-18-15(10-16(3,4)19-5)13-9-14(20-7-2)12-17-11-13/h9,11-12,15,18H,6-8,10H2,1-5H3. The quantitative estimate of drug-likeness (QED) is 0.753. The van der Waals surface area contributed by atoms with Gasteiger partial charge in [-0.15, -0.1) is 0 Å². The highest BCUT2D eigenvalue weighted by molar-refractivity contribution is 5.26. The highest BCUT2D eigenvalue weighted by atomic mass is 16.5. The van der Waals surface area contributed by atoms with Crippen molar-refractivity contribution < 1.29 is 9.47 Å². The maximum absolute atomic E-state index is 5.56. The van der Waals surface area contributed by atoms with Crippen molar-refractivity contribution in [3.63, 3.8) is 0 Å². The third-order valence-corrected chi connectivity index (χ3v) is 3.34. The third-order valence-electron chi connectivity index (χ3n) is 3.34. The summed E-state index contributed by atoms with van der Waals surface area (Å²) >= 11 is 0. The lowest BCUT2D eigenvalue weighted by molar-refractivity contribution is 0.00680. The molecule has 20 heavy (non-hydrogen) atoms. The summed E-state index contributed by atoms with van der Waals surface area (Å²) < 4.78 is 11.1. The van der Waals surface area contributed by atoms with Gasteiger partial charge in [0.05, 0.1) is 18.4 Å². The van der Waals surface area contributed by atoms with E-state index in [0.29, 0.717) is 6.61 Å². The van der Waals surface area contributed by atoms with Crippen LogP contribution in [0.4, 0.5) is 0 Å². The maximum atomic E-state index is 5.56. The Hall–Kier alpha value is -1.13. The van der Waals surface area contributed by atoms with Gasteiger partial charge < -0.3 is 14.8 Å². The Morgan fingerprint density at radius 2 is 2.05 bits per heavy atom. The fraction of sp³-hybridized carbons (Fsp3) is 0.688. The molecule has 1 unspecified atom stereocenters. The van der Waals surface area contributed by atoms with Crippen molar-refractivity contribution in [1.82, 2.24) is 10.3 Å². The molecule has 0 aliphatic carbocycles. The van der Waals surface area contributed by atoms with Crippen molar-refractivity contribution in [2.45, 2.75) is 52.2 Å². The molecule has 114 valence electrons. The summed E-state index contributed by atoms with van der Waals surface area (Å²) in [7, 11) is 1.76. The van der Waals surface area contributed by atoms with Crippen LogP contribution >= 0.6 is 0 Å². The van der Waals surface area contributed by atoms with Crippen molar-refractivity contribution in [3.05, 3.63) is 24.0 Å². The molecule has 1 N–H and O–H groups in total. The molecule has 0 radical (unpaired) electrons.